The van der Waals surface area contributed by atoms with Gasteiger partial charge in [-0.2, -0.15) is 10.1 Å². The van der Waals surface area contributed by atoms with Crippen molar-refractivity contribution in [3.8, 4) is 22.8 Å². The zero-order valence-electron chi connectivity index (χ0n) is 14.9. The highest BCUT2D eigenvalue weighted by molar-refractivity contribution is 5.66. The summed E-state index contributed by atoms with van der Waals surface area (Å²) in [4.78, 5) is 16.6. The third-order valence-corrected chi connectivity index (χ3v) is 4.01. The van der Waals surface area contributed by atoms with Crippen LogP contribution in [0.15, 0.2) is 76.5 Å². The molecule has 0 saturated carbocycles. The molecule has 29 heavy (non-hydrogen) atoms. The molecule has 4 aromatic heterocycles. The minimum absolute atomic E-state index is 0.353. The number of hydrogen-bond acceptors (Lipinski definition) is 9. The van der Waals surface area contributed by atoms with E-state index >= 15 is 0 Å². The molecule has 1 aromatic carbocycles. The lowest BCUT2D eigenvalue weighted by molar-refractivity contribution is 0.572. The Morgan fingerprint density at radius 2 is 1.83 bits per heavy atom. The molecule has 0 aliphatic heterocycles. The summed E-state index contributed by atoms with van der Waals surface area (Å²) in [5, 5.41) is 13.3. The predicted molar refractivity (Wildman–Crippen MR) is 105 cm³/mol. The molecule has 4 heterocycles. The van der Waals surface area contributed by atoms with E-state index in [0.29, 0.717) is 29.2 Å². The van der Waals surface area contributed by atoms with Gasteiger partial charge in [0, 0.05) is 17.3 Å². The molecule has 0 saturated heterocycles. The van der Waals surface area contributed by atoms with Crippen LogP contribution in [0.2, 0.25) is 0 Å². The maximum absolute atomic E-state index is 5.34. The van der Waals surface area contributed by atoms with Crippen molar-refractivity contribution >= 4 is 23.4 Å². The largest absolute Gasteiger partial charge is 0.463 e. The van der Waals surface area contributed by atoms with Crippen molar-refractivity contribution in [3.05, 3.63) is 67.6 Å². The molecule has 0 aliphatic carbocycles. The van der Waals surface area contributed by atoms with Gasteiger partial charge >= 0.3 is 0 Å². The number of nitrogens with zero attached hydrogens (tertiary/aromatic N) is 5. The molecule has 5 aromatic rings. The standard InChI is InChI=1S/C19H14N8O2/c1-3-12(16-9-20-11-29-16)7-13(4-1)23-18-21-10-22-19(25-18)24-17-8-14(26-27-17)15-5-2-6-28-15/h1-11H,(H3,21,22,23,24,25,26,27). The Morgan fingerprint density at radius 3 is 2.66 bits per heavy atom. The van der Waals surface area contributed by atoms with Crippen LogP contribution in [0.25, 0.3) is 22.8 Å². The number of benzene rings is 1. The molecule has 0 bridgehead atoms. The zero-order chi connectivity index (χ0) is 19.5. The first-order valence-corrected chi connectivity index (χ1v) is 8.65. The van der Waals surface area contributed by atoms with E-state index in [0.717, 1.165) is 16.9 Å². The van der Waals surface area contributed by atoms with Gasteiger partial charge in [0.2, 0.25) is 11.9 Å². The molecule has 0 amide bonds. The van der Waals surface area contributed by atoms with Gasteiger partial charge in [0.1, 0.15) is 12.0 Å². The van der Waals surface area contributed by atoms with Crippen LogP contribution in [-0.2, 0) is 0 Å². The highest BCUT2D eigenvalue weighted by Crippen LogP contribution is 2.24. The van der Waals surface area contributed by atoms with Crippen molar-refractivity contribution in [2.45, 2.75) is 0 Å². The summed E-state index contributed by atoms with van der Waals surface area (Å²) in [7, 11) is 0. The van der Waals surface area contributed by atoms with Crippen LogP contribution in [0.3, 0.4) is 0 Å². The summed E-state index contributed by atoms with van der Waals surface area (Å²) in [6.45, 7) is 0. The van der Waals surface area contributed by atoms with Gasteiger partial charge in [-0.25, -0.2) is 15.0 Å². The molecular formula is C19H14N8O2. The van der Waals surface area contributed by atoms with Crippen molar-refractivity contribution in [1.82, 2.24) is 30.1 Å². The van der Waals surface area contributed by atoms with E-state index in [9.17, 15) is 0 Å². The zero-order valence-corrected chi connectivity index (χ0v) is 14.9. The minimum atomic E-state index is 0.353. The van der Waals surface area contributed by atoms with Crippen LogP contribution < -0.4 is 10.6 Å². The molecule has 0 aliphatic rings. The van der Waals surface area contributed by atoms with Gasteiger partial charge in [-0.3, -0.25) is 5.10 Å². The van der Waals surface area contributed by atoms with Crippen LogP contribution in [-0.4, -0.2) is 30.1 Å². The number of H-pyrrole nitrogens is 1. The quantitative estimate of drug-likeness (QED) is 0.396. The van der Waals surface area contributed by atoms with E-state index in [1.807, 2.05) is 36.4 Å². The lowest BCUT2D eigenvalue weighted by Crippen LogP contribution is -2.03. The van der Waals surface area contributed by atoms with Crippen LogP contribution in [0.1, 0.15) is 0 Å². The molecule has 0 spiro atoms. The third kappa shape index (κ3) is 3.67. The van der Waals surface area contributed by atoms with Crippen molar-refractivity contribution in [1.29, 1.82) is 0 Å². The van der Waals surface area contributed by atoms with E-state index < -0.39 is 0 Å². The number of aromatic amines is 1. The number of rotatable bonds is 6. The van der Waals surface area contributed by atoms with Gasteiger partial charge in [0.05, 0.1) is 12.5 Å². The molecule has 0 fully saturated rings. The Labute approximate surface area is 164 Å². The number of furan rings is 1. The average molecular weight is 386 g/mol. The van der Waals surface area contributed by atoms with E-state index in [1.165, 1.54) is 12.7 Å². The molecule has 0 radical (unpaired) electrons. The van der Waals surface area contributed by atoms with Crippen molar-refractivity contribution in [3.63, 3.8) is 0 Å². The molecule has 5 rings (SSSR count). The van der Waals surface area contributed by atoms with E-state index in [4.69, 9.17) is 8.83 Å². The lowest BCUT2D eigenvalue weighted by atomic mass is 10.1. The third-order valence-electron chi connectivity index (χ3n) is 4.01. The smallest absolute Gasteiger partial charge is 0.233 e. The fourth-order valence-electron chi connectivity index (χ4n) is 2.71. The van der Waals surface area contributed by atoms with Crippen molar-refractivity contribution in [2.24, 2.45) is 0 Å². The fraction of sp³-hybridized carbons (Fsp3) is 0. The Bertz CT molecular complexity index is 1210. The Balaban J connectivity index is 1.32. The second-order valence-electron chi connectivity index (χ2n) is 5.97. The summed E-state index contributed by atoms with van der Waals surface area (Å²) in [6.07, 6.45) is 6.07. The molecular weight excluding hydrogens is 372 g/mol. The molecule has 10 heteroatoms. The molecule has 10 nitrogen and oxygen atoms in total. The van der Waals surface area contributed by atoms with Gasteiger partial charge in [-0.15, -0.1) is 0 Å². The second-order valence-corrected chi connectivity index (χ2v) is 5.97. The van der Waals surface area contributed by atoms with Crippen LogP contribution in [0.4, 0.5) is 23.4 Å². The topological polar surface area (TPSA) is 131 Å². The van der Waals surface area contributed by atoms with Gasteiger partial charge < -0.3 is 19.5 Å². The number of hydrogen-bond donors (Lipinski definition) is 3. The first-order valence-electron chi connectivity index (χ1n) is 8.65. The molecule has 0 atom stereocenters. The maximum atomic E-state index is 5.34. The van der Waals surface area contributed by atoms with Crippen molar-refractivity contribution < 1.29 is 8.83 Å². The molecule has 0 unspecified atom stereocenters. The summed E-state index contributed by atoms with van der Waals surface area (Å²) in [5.41, 5.74) is 2.44. The average Bonchev–Trinajstić information content (AvgIpc) is 3.50. The molecule has 142 valence electrons. The number of oxazole rings is 1. The monoisotopic (exact) mass is 386 g/mol. The van der Waals surface area contributed by atoms with Crippen LogP contribution >= 0.6 is 0 Å². The predicted octanol–water partition coefficient (Wildman–Crippen LogP) is 4.00. The Morgan fingerprint density at radius 1 is 0.897 bits per heavy atom. The number of nitrogens with one attached hydrogen (secondary N) is 3. The summed E-state index contributed by atoms with van der Waals surface area (Å²) in [6, 6.07) is 13.1. The van der Waals surface area contributed by atoms with E-state index in [-0.39, 0.29) is 0 Å². The Kier molecular flexibility index (Phi) is 4.18. The maximum Gasteiger partial charge on any atom is 0.233 e. The minimum Gasteiger partial charge on any atom is -0.463 e. The number of aromatic nitrogens is 6. The fourth-order valence-corrected chi connectivity index (χ4v) is 2.71. The first kappa shape index (κ1) is 16.7. The summed E-state index contributed by atoms with van der Waals surface area (Å²) >= 11 is 0. The highest BCUT2D eigenvalue weighted by atomic mass is 16.3. The van der Waals surface area contributed by atoms with E-state index in [1.54, 1.807) is 18.5 Å². The highest BCUT2D eigenvalue weighted by Gasteiger charge is 2.09. The van der Waals surface area contributed by atoms with Gasteiger partial charge in [0.15, 0.2) is 23.7 Å². The van der Waals surface area contributed by atoms with E-state index in [2.05, 4.69) is 40.8 Å². The van der Waals surface area contributed by atoms with Gasteiger partial charge in [-0.1, -0.05) is 12.1 Å². The van der Waals surface area contributed by atoms with Crippen LogP contribution in [0, 0.1) is 0 Å². The summed E-state index contributed by atoms with van der Waals surface area (Å²) < 4.78 is 10.7. The SMILES string of the molecule is c1cc(Nc2ncnc(Nc3cc(-c4ccco4)[nH]n3)n2)cc(-c2cnco2)c1. The second kappa shape index (κ2) is 7.27. The first-order chi connectivity index (χ1) is 14.3. The van der Waals surface area contributed by atoms with Crippen molar-refractivity contribution in [2.75, 3.05) is 10.6 Å². The number of anilines is 4. The van der Waals surface area contributed by atoms with Gasteiger partial charge in [-0.05, 0) is 24.3 Å². The normalized spacial score (nSPS) is 10.8. The lowest BCUT2D eigenvalue weighted by Gasteiger charge is -2.07. The summed E-state index contributed by atoms with van der Waals surface area (Å²) in [5.74, 6) is 2.67. The molecule has 3 N–H and O–H groups in total. The van der Waals surface area contributed by atoms with Gasteiger partial charge in [0.25, 0.3) is 0 Å². The van der Waals surface area contributed by atoms with Crippen LogP contribution in [0.5, 0.6) is 0 Å². The Hall–Kier alpha value is -4.47.